The van der Waals surface area contributed by atoms with Gasteiger partial charge in [-0.2, -0.15) is 4.80 Å². The largest absolute Gasteiger partial charge is 0.478 e. The van der Waals surface area contributed by atoms with E-state index in [0.717, 1.165) is 11.1 Å². The fourth-order valence-corrected chi connectivity index (χ4v) is 3.13. The lowest BCUT2D eigenvalue weighted by Crippen LogP contribution is -2.22. The number of fused-ring (bicyclic) bond motifs is 1. The van der Waals surface area contributed by atoms with Crippen LogP contribution in [0.25, 0.3) is 11.1 Å². The Kier molecular flexibility index (Phi) is 4.88. The van der Waals surface area contributed by atoms with Crippen molar-refractivity contribution in [3.05, 3.63) is 69.2 Å². The van der Waals surface area contributed by atoms with Gasteiger partial charge in [-0.05, 0) is 24.6 Å². The Morgan fingerprint density at radius 3 is 2.67 bits per heavy atom. The van der Waals surface area contributed by atoms with Crippen molar-refractivity contribution in [1.82, 2.24) is 29.8 Å². The number of hydrogen-bond acceptors (Lipinski definition) is 8. The zero-order valence-electron chi connectivity index (χ0n) is 16.2. The van der Waals surface area contributed by atoms with Crippen LogP contribution in [-0.4, -0.2) is 45.9 Å². The first-order chi connectivity index (χ1) is 14.3. The number of carboxylic acids is 1. The van der Waals surface area contributed by atoms with Gasteiger partial charge >= 0.3 is 5.97 Å². The van der Waals surface area contributed by atoms with E-state index < -0.39 is 17.6 Å². The number of aliphatic hydroxyl groups is 1. The van der Waals surface area contributed by atoms with Gasteiger partial charge in [-0.1, -0.05) is 29.8 Å². The molecule has 2 N–H and O–H groups in total. The quantitative estimate of drug-likeness (QED) is 0.476. The average Bonchev–Trinajstić information content (AvgIpc) is 3.28. The van der Waals surface area contributed by atoms with E-state index in [1.54, 1.807) is 0 Å². The van der Waals surface area contributed by atoms with E-state index in [1.807, 2.05) is 31.2 Å². The summed E-state index contributed by atoms with van der Waals surface area (Å²) in [5, 5.41) is 31.6. The van der Waals surface area contributed by atoms with Gasteiger partial charge in [0, 0.05) is 0 Å². The number of furan rings is 1. The number of aromatic carboxylic acids is 1. The third kappa shape index (κ3) is 3.57. The van der Waals surface area contributed by atoms with Crippen molar-refractivity contribution in [2.24, 2.45) is 0 Å². The first kappa shape index (κ1) is 19.5. The highest BCUT2D eigenvalue weighted by Crippen LogP contribution is 2.20. The molecular formula is C19H18N6O5. The Labute approximate surface area is 169 Å². The number of carboxylic acid groups (broad SMARTS) is 1. The normalized spacial score (nSPS) is 12.4. The van der Waals surface area contributed by atoms with Gasteiger partial charge in [0.05, 0.1) is 13.1 Å². The highest BCUT2D eigenvalue weighted by Gasteiger charge is 2.22. The maximum Gasteiger partial charge on any atom is 0.340 e. The maximum absolute atomic E-state index is 12.7. The van der Waals surface area contributed by atoms with E-state index in [9.17, 15) is 19.8 Å². The van der Waals surface area contributed by atoms with Crippen LogP contribution in [0.3, 0.4) is 0 Å². The van der Waals surface area contributed by atoms with Crippen molar-refractivity contribution >= 4 is 17.1 Å². The Balaban J connectivity index is 1.56. The number of nitrogens with zero attached hydrogens (tertiary/aromatic N) is 6. The number of aliphatic hydroxyl groups excluding tert-OH is 1. The van der Waals surface area contributed by atoms with E-state index in [2.05, 4.69) is 20.4 Å². The topological polar surface area (TPSA) is 149 Å². The SMILES string of the molecule is Cc1ccc(C(O)Cn2nnc(Cn3cnc4oc(C)c(C(=O)O)c4c3=O)n2)cc1. The molecule has 0 bridgehead atoms. The summed E-state index contributed by atoms with van der Waals surface area (Å²) >= 11 is 0. The molecule has 0 saturated heterocycles. The monoisotopic (exact) mass is 410 g/mol. The van der Waals surface area contributed by atoms with E-state index in [0.29, 0.717) is 0 Å². The van der Waals surface area contributed by atoms with E-state index in [1.165, 1.54) is 22.6 Å². The molecule has 0 spiro atoms. The van der Waals surface area contributed by atoms with Gasteiger partial charge in [0.2, 0.25) is 5.71 Å². The summed E-state index contributed by atoms with van der Waals surface area (Å²) in [5.74, 6) is -0.947. The number of benzene rings is 1. The molecule has 3 aromatic heterocycles. The number of aromatic nitrogens is 6. The minimum Gasteiger partial charge on any atom is -0.478 e. The highest BCUT2D eigenvalue weighted by atomic mass is 16.4. The molecule has 4 rings (SSSR count). The zero-order chi connectivity index (χ0) is 21.4. The van der Waals surface area contributed by atoms with Crippen LogP contribution in [0.15, 0.2) is 39.8 Å². The van der Waals surface area contributed by atoms with Crippen LogP contribution in [0.2, 0.25) is 0 Å². The van der Waals surface area contributed by atoms with E-state index >= 15 is 0 Å². The van der Waals surface area contributed by atoms with Crippen molar-refractivity contribution in [2.45, 2.75) is 33.0 Å². The fourth-order valence-electron chi connectivity index (χ4n) is 3.13. The van der Waals surface area contributed by atoms with Crippen molar-refractivity contribution in [2.75, 3.05) is 0 Å². The lowest BCUT2D eigenvalue weighted by atomic mass is 10.1. The van der Waals surface area contributed by atoms with Gasteiger partial charge in [-0.3, -0.25) is 9.36 Å². The summed E-state index contributed by atoms with van der Waals surface area (Å²) in [4.78, 5) is 29.5. The Morgan fingerprint density at radius 2 is 1.97 bits per heavy atom. The van der Waals surface area contributed by atoms with Crippen LogP contribution in [0.4, 0.5) is 0 Å². The standard InChI is InChI=1S/C19H18N6O5/c1-10-3-5-12(6-4-10)13(26)7-25-22-14(21-23-25)8-24-9-20-17-16(18(24)27)15(19(28)29)11(2)30-17/h3-6,9,13,26H,7-8H2,1-2H3,(H,28,29). The summed E-state index contributed by atoms with van der Waals surface area (Å²) in [7, 11) is 0. The number of carbonyl (C=O) groups is 1. The van der Waals surface area contributed by atoms with Gasteiger partial charge in [0.25, 0.3) is 5.56 Å². The lowest BCUT2D eigenvalue weighted by molar-refractivity contribution is 0.0696. The molecule has 0 amide bonds. The number of hydrogen-bond donors (Lipinski definition) is 2. The van der Waals surface area contributed by atoms with Crippen molar-refractivity contribution in [3.63, 3.8) is 0 Å². The van der Waals surface area contributed by atoms with Crippen LogP contribution >= 0.6 is 0 Å². The second kappa shape index (κ2) is 7.52. The molecule has 154 valence electrons. The van der Waals surface area contributed by atoms with E-state index in [-0.39, 0.29) is 41.3 Å². The molecule has 0 aliphatic carbocycles. The predicted octanol–water partition coefficient (Wildman–Crippen LogP) is 1.07. The second-order valence-corrected chi connectivity index (χ2v) is 6.88. The van der Waals surface area contributed by atoms with Crippen LogP contribution in [-0.2, 0) is 13.1 Å². The zero-order valence-corrected chi connectivity index (χ0v) is 16.2. The van der Waals surface area contributed by atoms with Gasteiger partial charge in [-0.25, -0.2) is 9.78 Å². The summed E-state index contributed by atoms with van der Waals surface area (Å²) in [6.45, 7) is 3.44. The van der Waals surface area contributed by atoms with Crippen molar-refractivity contribution in [1.29, 1.82) is 0 Å². The summed E-state index contributed by atoms with van der Waals surface area (Å²) in [6.07, 6.45) is 0.418. The summed E-state index contributed by atoms with van der Waals surface area (Å²) < 4.78 is 6.44. The molecular weight excluding hydrogens is 392 g/mol. The predicted molar refractivity (Wildman–Crippen MR) is 103 cm³/mol. The molecule has 30 heavy (non-hydrogen) atoms. The summed E-state index contributed by atoms with van der Waals surface area (Å²) in [6, 6.07) is 7.45. The van der Waals surface area contributed by atoms with Crippen LogP contribution < -0.4 is 5.56 Å². The van der Waals surface area contributed by atoms with Crippen LogP contribution in [0, 0.1) is 13.8 Å². The maximum atomic E-state index is 12.7. The summed E-state index contributed by atoms with van der Waals surface area (Å²) in [5.41, 5.74) is 0.979. The fraction of sp³-hybridized carbons (Fsp3) is 0.263. The molecule has 0 aliphatic heterocycles. The third-order valence-corrected chi connectivity index (χ3v) is 4.67. The molecule has 0 fully saturated rings. The van der Waals surface area contributed by atoms with Crippen LogP contribution in [0.5, 0.6) is 0 Å². The van der Waals surface area contributed by atoms with Gasteiger partial charge in [-0.15, -0.1) is 10.2 Å². The van der Waals surface area contributed by atoms with E-state index in [4.69, 9.17) is 4.42 Å². The Morgan fingerprint density at radius 1 is 1.23 bits per heavy atom. The molecule has 1 unspecified atom stereocenters. The second-order valence-electron chi connectivity index (χ2n) is 6.88. The molecule has 1 atom stereocenters. The Hall–Kier alpha value is -3.86. The molecule has 1 aromatic carbocycles. The van der Waals surface area contributed by atoms with Crippen molar-refractivity contribution in [3.8, 4) is 0 Å². The molecule has 11 nitrogen and oxygen atoms in total. The Bertz CT molecular complexity index is 1290. The highest BCUT2D eigenvalue weighted by molar-refractivity contribution is 6.02. The molecule has 3 heterocycles. The minimum absolute atomic E-state index is 0.0380. The molecule has 0 saturated carbocycles. The third-order valence-electron chi connectivity index (χ3n) is 4.67. The van der Waals surface area contributed by atoms with Crippen LogP contribution in [0.1, 0.15) is 39.2 Å². The number of rotatable bonds is 6. The number of aryl methyl sites for hydroxylation is 2. The molecule has 0 aliphatic rings. The molecule has 0 radical (unpaired) electrons. The first-order valence-electron chi connectivity index (χ1n) is 9.06. The van der Waals surface area contributed by atoms with Crippen molar-refractivity contribution < 1.29 is 19.4 Å². The molecule has 11 heteroatoms. The van der Waals surface area contributed by atoms with Gasteiger partial charge in [0.1, 0.15) is 29.1 Å². The van der Waals surface area contributed by atoms with Gasteiger partial charge < -0.3 is 14.6 Å². The van der Waals surface area contributed by atoms with Gasteiger partial charge in [0.15, 0.2) is 5.82 Å². The smallest absolute Gasteiger partial charge is 0.340 e. The molecule has 4 aromatic rings. The number of tetrazole rings is 1. The minimum atomic E-state index is -1.27. The average molecular weight is 410 g/mol. The first-order valence-corrected chi connectivity index (χ1v) is 9.06. The lowest BCUT2D eigenvalue weighted by Gasteiger charge is -2.09.